The highest BCUT2D eigenvalue weighted by molar-refractivity contribution is 6.33. The van der Waals surface area contributed by atoms with Crippen LogP contribution in [0.15, 0.2) is 18.2 Å². The Morgan fingerprint density at radius 2 is 2.24 bits per heavy atom. The molecule has 5 heteroatoms. The van der Waals surface area contributed by atoms with E-state index in [4.69, 9.17) is 22.0 Å². The van der Waals surface area contributed by atoms with Gasteiger partial charge in [0.1, 0.15) is 0 Å². The molecular formula is C12H13ClN2O2. The van der Waals surface area contributed by atoms with Crippen LogP contribution in [0.4, 0.5) is 5.69 Å². The smallest absolute Gasteiger partial charge is 0.310 e. The second-order valence-electron chi connectivity index (χ2n) is 4.35. The lowest BCUT2D eigenvalue weighted by Gasteiger charge is -2.20. The second-order valence-corrected chi connectivity index (χ2v) is 4.76. The summed E-state index contributed by atoms with van der Waals surface area (Å²) in [4.78, 5) is 10.9. The van der Waals surface area contributed by atoms with Crippen molar-refractivity contribution in [1.29, 1.82) is 5.26 Å². The molecule has 90 valence electrons. The van der Waals surface area contributed by atoms with Gasteiger partial charge in [-0.3, -0.25) is 4.79 Å². The summed E-state index contributed by atoms with van der Waals surface area (Å²) in [5.74, 6) is -0.891. The molecule has 2 N–H and O–H groups in total. The molecule has 0 saturated carbocycles. The maximum absolute atomic E-state index is 10.9. The summed E-state index contributed by atoms with van der Waals surface area (Å²) in [7, 11) is 0. The maximum Gasteiger partial charge on any atom is 0.310 e. The summed E-state index contributed by atoms with van der Waals surface area (Å²) in [6.07, 6.45) is 0. The number of rotatable bonds is 4. The Labute approximate surface area is 105 Å². The van der Waals surface area contributed by atoms with Gasteiger partial charge < -0.3 is 10.4 Å². The van der Waals surface area contributed by atoms with Crippen molar-refractivity contribution in [1.82, 2.24) is 0 Å². The number of aliphatic carboxylic acids is 1. The number of nitrogens with one attached hydrogen (secondary N) is 1. The Hall–Kier alpha value is -1.73. The minimum absolute atomic E-state index is 0.233. The van der Waals surface area contributed by atoms with Crippen LogP contribution in [0.1, 0.15) is 19.4 Å². The Kier molecular flexibility index (Phi) is 3.97. The number of benzene rings is 1. The van der Waals surface area contributed by atoms with Crippen molar-refractivity contribution >= 4 is 23.3 Å². The fraction of sp³-hybridized carbons (Fsp3) is 0.333. The highest BCUT2D eigenvalue weighted by Crippen LogP contribution is 2.25. The first-order chi connectivity index (χ1) is 7.86. The van der Waals surface area contributed by atoms with Crippen LogP contribution in [0, 0.1) is 16.7 Å². The first kappa shape index (κ1) is 13.3. The van der Waals surface area contributed by atoms with E-state index in [-0.39, 0.29) is 6.54 Å². The third kappa shape index (κ3) is 3.36. The summed E-state index contributed by atoms with van der Waals surface area (Å²) in [5.41, 5.74) is 0.150. The van der Waals surface area contributed by atoms with Crippen molar-refractivity contribution in [3.8, 4) is 6.07 Å². The van der Waals surface area contributed by atoms with Crippen LogP contribution in [-0.4, -0.2) is 17.6 Å². The molecule has 0 aliphatic carbocycles. The van der Waals surface area contributed by atoms with Gasteiger partial charge in [-0.25, -0.2) is 0 Å². The molecule has 0 spiro atoms. The van der Waals surface area contributed by atoms with Crippen molar-refractivity contribution in [2.45, 2.75) is 13.8 Å². The molecule has 17 heavy (non-hydrogen) atoms. The van der Waals surface area contributed by atoms with Gasteiger partial charge in [0.05, 0.1) is 27.8 Å². The van der Waals surface area contributed by atoms with Crippen LogP contribution in [0.3, 0.4) is 0 Å². The van der Waals surface area contributed by atoms with E-state index >= 15 is 0 Å². The molecule has 0 heterocycles. The number of carbonyl (C=O) groups is 1. The lowest BCUT2D eigenvalue weighted by atomic mass is 9.94. The lowest BCUT2D eigenvalue weighted by Crippen LogP contribution is -2.31. The van der Waals surface area contributed by atoms with Gasteiger partial charge in [0.25, 0.3) is 0 Å². The third-order valence-electron chi connectivity index (χ3n) is 2.40. The van der Waals surface area contributed by atoms with Gasteiger partial charge >= 0.3 is 5.97 Å². The van der Waals surface area contributed by atoms with Crippen molar-refractivity contribution in [3.05, 3.63) is 28.8 Å². The fourth-order valence-electron chi connectivity index (χ4n) is 1.12. The van der Waals surface area contributed by atoms with E-state index < -0.39 is 11.4 Å². The molecule has 1 rings (SSSR count). The topological polar surface area (TPSA) is 73.1 Å². The summed E-state index contributed by atoms with van der Waals surface area (Å²) < 4.78 is 0. The number of hydrogen-bond acceptors (Lipinski definition) is 3. The number of carboxylic acids is 1. The average Bonchev–Trinajstić information content (AvgIpc) is 2.28. The third-order valence-corrected chi connectivity index (χ3v) is 2.72. The largest absolute Gasteiger partial charge is 0.481 e. The van der Waals surface area contributed by atoms with E-state index in [9.17, 15) is 4.79 Å². The van der Waals surface area contributed by atoms with Crippen molar-refractivity contribution in [2.75, 3.05) is 11.9 Å². The Morgan fingerprint density at radius 3 is 2.76 bits per heavy atom. The Balaban J connectivity index is 2.83. The minimum Gasteiger partial charge on any atom is -0.481 e. The van der Waals surface area contributed by atoms with Gasteiger partial charge in [0, 0.05) is 6.54 Å². The van der Waals surface area contributed by atoms with E-state index in [2.05, 4.69) is 5.32 Å². The molecular weight excluding hydrogens is 240 g/mol. The van der Waals surface area contributed by atoms with Gasteiger partial charge in [-0.15, -0.1) is 0 Å². The number of nitriles is 1. The summed E-state index contributed by atoms with van der Waals surface area (Å²) in [5, 5.41) is 21.1. The predicted octanol–water partition coefficient (Wildman–Crippen LogP) is 2.73. The van der Waals surface area contributed by atoms with Crippen LogP contribution in [0.5, 0.6) is 0 Å². The molecule has 0 fully saturated rings. The quantitative estimate of drug-likeness (QED) is 0.864. The minimum atomic E-state index is -0.897. The summed E-state index contributed by atoms with van der Waals surface area (Å²) >= 11 is 5.94. The molecule has 0 amide bonds. The monoisotopic (exact) mass is 252 g/mol. The van der Waals surface area contributed by atoms with Crippen LogP contribution in [0.25, 0.3) is 0 Å². The number of carboxylic acid groups (broad SMARTS) is 1. The van der Waals surface area contributed by atoms with Crippen LogP contribution >= 0.6 is 11.6 Å². The summed E-state index contributed by atoms with van der Waals surface area (Å²) in [6, 6.07) is 6.81. The zero-order valence-corrected chi connectivity index (χ0v) is 10.4. The number of hydrogen-bond donors (Lipinski definition) is 2. The van der Waals surface area contributed by atoms with Crippen molar-refractivity contribution in [2.24, 2.45) is 5.41 Å². The molecule has 1 aromatic rings. The summed E-state index contributed by atoms with van der Waals surface area (Å²) in [6.45, 7) is 3.46. The SMILES string of the molecule is CC(C)(CNc1cc(C#N)ccc1Cl)C(=O)O. The number of halogens is 1. The first-order valence-corrected chi connectivity index (χ1v) is 5.41. The van der Waals surface area contributed by atoms with Crippen LogP contribution in [-0.2, 0) is 4.79 Å². The van der Waals surface area contributed by atoms with Gasteiger partial charge in [0.15, 0.2) is 0 Å². The van der Waals surface area contributed by atoms with E-state index in [1.807, 2.05) is 6.07 Å². The molecule has 0 aromatic heterocycles. The molecule has 1 aromatic carbocycles. The average molecular weight is 253 g/mol. The van der Waals surface area contributed by atoms with E-state index in [1.165, 1.54) is 0 Å². The molecule has 0 atom stereocenters. The highest BCUT2D eigenvalue weighted by Gasteiger charge is 2.26. The molecule has 0 saturated heterocycles. The zero-order chi connectivity index (χ0) is 13.1. The van der Waals surface area contributed by atoms with Gasteiger partial charge in [-0.1, -0.05) is 11.6 Å². The normalized spacial score (nSPS) is 10.7. The van der Waals surface area contributed by atoms with Crippen LogP contribution in [0.2, 0.25) is 5.02 Å². The van der Waals surface area contributed by atoms with E-state index in [0.717, 1.165) is 0 Å². The molecule has 0 aliphatic heterocycles. The van der Waals surface area contributed by atoms with Crippen LogP contribution < -0.4 is 5.32 Å². The lowest BCUT2D eigenvalue weighted by molar-refractivity contribution is -0.146. The van der Waals surface area contributed by atoms with E-state index in [0.29, 0.717) is 16.3 Å². The van der Waals surface area contributed by atoms with Crippen molar-refractivity contribution < 1.29 is 9.90 Å². The van der Waals surface area contributed by atoms with Crippen molar-refractivity contribution in [3.63, 3.8) is 0 Å². The van der Waals surface area contributed by atoms with Gasteiger partial charge in [0.2, 0.25) is 0 Å². The molecule has 0 unspecified atom stereocenters. The second kappa shape index (κ2) is 5.07. The Bertz CT molecular complexity index is 478. The first-order valence-electron chi connectivity index (χ1n) is 5.04. The predicted molar refractivity (Wildman–Crippen MR) is 66.1 cm³/mol. The zero-order valence-electron chi connectivity index (χ0n) is 9.62. The number of nitrogens with zero attached hydrogens (tertiary/aromatic N) is 1. The van der Waals surface area contributed by atoms with E-state index in [1.54, 1.807) is 32.0 Å². The standard InChI is InChI=1S/C12H13ClN2O2/c1-12(2,11(16)17)7-15-10-5-8(6-14)3-4-9(10)13/h3-5,15H,7H2,1-2H3,(H,16,17). The maximum atomic E-state index is 10.9. The molecule has 4 nitrogen and oxygen atoms in total. The highest BCUT2D eigenvalue weighted by atomic mass is 35.5. The Morgan fingerprint density at radius 1 is 1.59 bits per heavy atom. The van der Waals surface area contributed by atoms with Gasteiger partial charge in [-0.2, -0.15) is 5.26 Å². The van der Waals surface area contributed by atoms with Gasteiger partial charge in [-0.05, 0) is 32.0 Å². The fourth-order valence-corrected chi connectivity index (χ4v) is 1.31. The number of anilines is 1. The molecule has 0 aliphatic rings. The molecule has 0 radical (unpaired) electrons. The molecule has 0 bridgehead atoms.